The van der Waals surface area contributed by atoms with Crippen molar-refractivity contribution < 1.29 is 9.53 Å². The molecule has 0 bridgehead atoms. The molecule has 0 spiro atoms. The monoisotopic (exact) mass is 299 g/mol. The van der Waals surface area contributed by atoms with Gasteiger partial charge in [0.25, 0.3) is 0 Å². The molecule has 1 aliphatic heterocycles. The maximum Gasteiger partial charge on any atom is 0.338 e. The van der Waals surface area contributed by atoms with Gasteiger partial charge in [-0.05, 0) is 48.7 Å². The molecule has 21 heavy (non-hydrogen) atoms. The second-order valence-corrected chi connectivity index (χ2v) is 6.62. The van der Waals surface area contributed by atoms with Crippen LogP contribution in [0.5, 0.6) is 0 Å². The summed E-state index contributed by atoms with van der Waals surface area (Å²) in [5.41, 5.74) is 9.17. The fraction of sp³-hybridized carbons (Fsp3) is 0.235. The highest BCUT2D eigenvalue weighted by atomic mass is 32.2. The van der Waals surface area contributed by atoms with E-state index in [1.807, 2.05) is 25.1 Å². The second-order valence-electron chi connectivity index (χ2n) is 5.28. The number of rotatable bonds is 3. The Morgan fingerprint density at radius 3 is 2.90 bits per heavy atom. The van der Waals surface area contributed by atoms with E-state index in [-0.39, 0.29) is 5.97 Å². The normalized spacial score (nSPS) is 16.5. The Morgan fingerprint density at radius 2 is 2.14 bits per heavy atom. The molecule has 108 valence electrons. The molecule has 2 aromatic rings. The Kier molecular flexibility index (Phi) is 3.88. The van der Waals surface area contributed by atoms with Crippen molar-refractivity contribution in [3.8, 4) is 0 Å². The molecule has 1 unspecified atom stereocenters. The minimum absolute atomic E-state index is 0.300. The molecular weight excluding hydrogens is 282 g/mol. The summed E-state index contributed by atoms with van der Waals surface area (Å²) in [6, 6.07) is 13.6. The molecule has 2 N–H and O–H groups in total. The van der Waals surface area contributed by atoms with Gasteiger partial charge in [0, 0.05) is 15.8 Å². The third kappa shape index (κ3) is 3.22. The SMILES string of the molecule is Cc1cc(N)cc(C(=O)OCC2Cc3ccccc3S2)c1. The molecule has 0 fully saturated rings. The number of thioether (sulfide) groups is 1. The van der Waals surface area contributed by atoms with E-state index in [0.717, 1.165) is 12.0 Å². The van der Waals surface area contributed by atoms with Crippen molar-refractivity contribution in [2.45, 2.75) is 23.5 Å². The van der Waals surface area contributed by atoms with E-state index in [0.29, 0.717) is 23.1 Å². The van der Waals surface area contributed by atoms with Crippen molar-refractivity contribution in [2.24, 2.45) is 0 Å². The van der Waals surface area contributed by atoms with Gasteiger partial charge in [-0.3, -0.25) is 0 Å². The molecule has 0 radical (unpaired) electrons. The van der Waals surface area contributed by atoms with Crippen LogP contribution >= 0.6 is 11.8 Å². The number of nitrogens with two attached hydrogens (primary N) is 1. The number of hydrogen-bond donors (Lipinski definition) is 1. The van der Waals surface area contributed by atoms with Gasteiger partial charge in [0.05, 0.1) is 5.56 Å². The Balaban J connectivity index is 1.60. The van der Waals surface area contributed by atoms with Crippen molar-refractivity contribution >= 4 is 23.4 Å². The number of benzene rings is 2. The lowest BCUT2D eigenvalue weighted by atomic mass is 10.1. The molecule has 0 amide bonds. The van der Waals surface area contributed by atoms with Crippen LogP contribution < -0.4 is 5.73 Å². The van der Waals surface area contributed by atoms with Crippen molar-refractivity contribution in [2.75, 3.05) is 12.3 Å². The summed E-state index contributed by atoms with van der Waals surface area (Å²) < 4.78 is 5.44. The largest absolute Gasteiger partial charge is 0.461 e. The Hall–Kier alpha value is -1.94. The molecule has 1 aliphatic rings. The van der Waals surface area contributed by atoms with Gasteiger partial charge in [0.1, 0.15) is 6.61 Å². The average molecular weight is 299 g/mol. The molecule has 1 atom stereocenters. The van der Waals surface area contributed by atoms with Crippen molar-refractivity contribution in [3.63, 3.8) is 0 Å². The van der Waals surface area contributed by atoms with Gasteiger partial charge in [-0.2, -0.15) is 0 Å². The zero-order valence-electron chi connectivity index (χ0n) is 11.8. The van der Waals surface area contributed by atoms with E-state index < -0.39 is 0 Å². The summed E-state index contributed by atoms with van der Waals surface area (Å²) >= 11 is 1.78. The predicted octanol–water partition coefficient (Wildman–Crippen LogP) is 3.45. The van der Waals surface area contributed by atoms with Gasteiger partial charge >= 0.3 is 5.97 Å². The van der Waals surface area contributed by atoms with Gasteiger partial charge in [0.15, 0.2) is 0 Å². The molecule has 3 nitrogen and oxygen atoms in total. The smallest absolute Gasteiger partial charge is 0.338 e. The molecule has 0 aliphatic carbocycles. The summed E-state index contributed by atoms with van der Waals surface area (Å²) in [6.45, 7) is 2.34. The fourth-order valence-corrected chi connectivity index (χ4v) is 3.75. The molecule has 2 aromatic carbocycles. The second kappa shape index (κ2) is 5.82. The highest BCUT2D eigenvalue weighted by Crippen LogP contribution is 2.36. The average Bonchev–Trinajstić information content (AvgIpc) is 2.86. The van der Waals surface area contributed by atoms with Crippen LogP contribution in [0.3, 0.4) is 0 Å². The predicted molar refractivity (Wildman–Crippen MR) is 85.7 cm³/mol. The number of fused-ring (bicyclic) bond motifs is 1. The maximum absolute atomic E-state index is 12.1. The number of anilines is 1. The van der Waals surface area contributed by atoms with Gasteiger partial charge < -0.3 is 10.5 Å². The van der Waals surface area contributed by atoms with Gasteiger partial charge in [0.2, 0.25) is 0 Å². The topological polar surface area (TPSA) is 52.3 Å². The van der Waals surface area contributed by atoms with Crippen molar-refractivity contribution in [1.29, 1.82) is 0 Å². The summed E-state index contributed by atoms with van der Waals surface area (Å²) in [7, 11) is 0. The van der Waals surface area contributed by atoms with Crippen LogP contribution in [0.4, 0.5) is 5.69 Å². The number of carbonyl (C=O) groups is 1. The van der Waals surface area contributed by atoms with Crippen LogP contribution in [-0.4, -0.2) is 17.8 Å². The molecule has 1 heterocycles. The van der Waals surface area contributed by atoms with Crippen LogP contribution in [0.15, 0.2) is 47.4 Å². The Labute approximate surface area is 128 Å². The van der Waals surface area contributed by atoms with Crippen LogP contribution in [0, 0.1) is 6.92 Å². The molecule has 4 heteroatoms. The minimum atomic E-state index is -0.304. The summed E-state index contributed by atoms with van der Waals surface area (Å²) in [5.74, 6) is -0.304. The zero-order valence-corrected chi connectivity index (χ0v) is 12.7. The van der Waals surface area contributed by atoms with Gasteiger partial charge in [-0.15, -0.1) is 11.8 Å². The van der Waals surface area contributed by atoms with E-state index >= 15 is 0 Å². The Bertz CT molecular complexity index is 639. The van der Waals surface area contributed by atoms with Crippen LogP contribution in [0.2, 0.25) is 0 Å². The molecule has 0 saturated carbocycles. The van der Waals surface area contributed by atoms with E-state index in [9.17, 15) is 4.79 Å². The highest BCUT2D eigenvalue weighted by molar-refractivity contribution is 8.00. The number of nitrogen functional groups attached to an aromatic ring is 1. The zero-order chi connectivity index (χ0) is 14.8. The first kappa shape index (κ1) is 14.0. The summed E-state index contributed by atoms with van der Waals surface area (Å²) in [5, 5.41) is 0.300. The van der Waals surface area contributed by atoms with Crippen LogP contribution in [0.1, 0.15) is 21.5 Å². The van der Waals surface area contributed by atoms with Gasteiger partial charge in [-0.25, -0.2) is 4.79 Å². The highest BCUT2D eigenvalue weighted by Gasteiger charge is 2.23. The Morgan fingerprint density at radius 1 is 1.33 bits per heavy atom. The summed E-state index contributed by atoms with van der Waals surface area (Å²) in [6.07, 6.45) is 0.948. The lowest BCUT2D eigenvalue weighted by Crippen LogP contribution is -2.16. The van der Waals surface area contributed by atoms with Crippen LogP contribution in [0.25, 0.3) is 0 Å². The molecular formula is C17H17NO2S. The minimum Gasteiger partial charge on any atom is -0.461 e. The number of carbonyl (C=O) groups excluding carboxylic acids is 1. The lowest BCUT2D eigenvalue weighted by molar-refractivity contribution is 0.0507. The number of aryl methyl sites for hydroxylation is 1. The number of esters is 1. The lowest BCUT2D eigenvalue weighted by Gasteiger charge is -2.10. The van der Waals surface area contributed by atoms with E-state index in [4.69, 9.17) is 10.5 Å². The molecule has 0 aromatic heterocycles. The summed E-state index contributed by atoms with van der Waals surface area (Å²) in [4.78, 5) is 13.4. The first-order valence-electron chi connectivity index (χ1n) is 6.90. The van der Waals surface area contributed by atoms with Gasteiger partial charge in [-0.1, -0.05) is 18.2 Å². The third-order valence-corrected chi connectivity index (χ3v) is 4.74. The van der Waals surface area contributed by atoms with Crippen LogP contribution in [-0.2, 0) is 11.2 Å². The van der Waals surface area contributed by atoms with E-state index in [2.05, 4.69) is 12.1 Å². The third-order valence-electron chi connectivity index (χ3n) is 3.45. The molecule has 0 saturated heterocycles. The standard InChI is InChI=1S/C17H17NO2S/c1-11-6-13(8-14(18)7-11)17(19)20-10-15-9-12-4-2-3-5-16(12)21-15/h2-8,15H,9-10,18H2,1H3. The van der Waals surface area contributed by atoms with E-state index in [1.54, 1.807) is 23.9 Å². The van der Waals surface area contributed by atoms with Crippen molar-refractivity contribution in [1.82, 2.24) is 0 Å². The quantitative estimate of drug-likeness (QED) is 0.696. The maximum atomic E-state index is 12.1. The first-order valence-corrected chi connectivity index (χ1v) is 7.78. The first-order chi connectivity index (χ1) is 10.1. The molecule has 3 rings (SSSR count). The fourth-order valence-electron chi connectivity index (χ4n) is 2.53. The number of ether oxygens (including phenoxy) is 1. The van der Waals surface area contributed by atoms with Crippen molar-refractivity contribution in [3.05, 3.63) is 59.2 Å². The number of hydrogen-bond acceptors (Lipinski definition) is 4. The van der Waals surface area contributed by atoms with E-state index in [1.165, 1.54) is 10.5 Å².